The second-order valence-electron chi connectivity index (χ2n) is 7.92. The Hall–Kier alpha value is -0.780. The predicted molar refractivity (Wildman–Crippen MR) is 119 cm³/mol. The van der Waals surface area contributed by atoms with Gasteiger partial charge in [0.2, 0.25) is 0 Å². The number of carboxylic acids is 1. The number of hydrogen-bond donors (Lipinski definition) is 3. The number of hydrogen-bond acceptors (Lipinski definition) is 3. The van der Waals surface area contributed by atoms with Crippen molar-refractivity contribution in [2.45, 2.75) is 83.2 Å². The van der Waals surface area contributed by atoms with Crippen LogP contribution in [0.25, 0.3) is 0 Å². The van der Waals surface area contributed by atoms with Crippen LogP contribution in [0.4, 0.5) is 5.69 Å². The van der Waals surface area contributed by atoms with Crippen molar-refractivity contribution >= 4 is 39.2 Å². The Morgan fingerprint density at radius 1 is 1.14 bits per heavy atom. The number of aliphatic hydroxyl groups is 1. The molecule has 0 saturated carbocycles. The van der Waals surface area contributed by atoms with Crippen molar-refractivity contribution in [3.63, 3.8) is 0 Å². The molecule has 2 rings (SSSR count). The van der Waals surface area contributed by atoms with Crippen molar-refractivity contribution < 1.29 is 15.0 Å². The molecule has 0 amide bonds. The fraction of sp³-hybridized carbons (Fsp3) is 0.682. The molecule has 158 valence electrons. The van der Waals surface area contributed by atoms with Crippen LogP contribution >= 0.6 is 27.5 Å². The second-order valence-corrected chi connectivity index (χ2v) is 9.16. The van der Waals surface area contributed by atoms with Gasteiger partial charge in [0.25, 0.3) is 0 Å². The number of benzene rings is 1. The highest BCUT2D eigenvalue weighted by atomic mass is 79.9. The van der Waals surface area contributed by atoms with Crippen LogP contribution in [0.2, 0.25) is 5.02 Å². The quantitative estimate of drug-likeness (QED) is 0.277. The molecule has 0 fully saturated rings. The number of aliphatic carboxylic acids is 1. The molecule has 28 heavy (non-hydrogen) atoms. The summed E-state index contributed by atoms with van der Waals surface area (Å²) in [4.78, 5) is 11.9. The number of halogens is 2. The third kappa shape index (κ3) is 5.87. The van der Waals surface area contributed by atoms with Crippen molar-refractivity contribution in [1.82, 2.24) is 0 Å². The summed E-state index contributed by atoms with van der Waals surface area (Å²) in [7, 11) is 0. The van der Waals surface area contributed by atoms with Crippen LogP contribution in [0.3, 0.4) is 0 Å². The summed E-state index contributed by atoms with van der Waals surface area (Å²) >= 11 is 9.77. The molecule has 1 aromatic carbocycles. The van der Waals surface area contributed by atoms with E-state index in [1.807, 2.05) is 6.07 Å². The summed E-state index contributed by atoms with van der Waals surface area (Å²) in [5.74, 6) is -1.84. The summed E-state index contributed by atoms with van der Waals surface area (Å²) in [6.07, 6.45) is 12.4. The largest absolute Gasteiger partial charge is 0.481 e. The number of β-amino-alcohol motifs (C(OH)–C–C–N with tert-alkyl or cyclic N) is 1. The van der Waals surface area contributed by atoms with E-state index in [4.69, 9.17) is 11.6 Å². The monoisotopic (exact) mass is 473 g/mol. The van der Waals surface area contributed by atoms with Gasteiger partial charge in [0, 0.05) is 22.3 Å². The van der Waals surface area contributed by atoms with Gasteiger partial charge in [-0.05, 0) is 34.5 Å². The van der Waals surface area contributed by atoms with Crippen LogP contribution in [-0.2, 0) is 10.4 Å². The fourth-order valence-corrected chi connectivity index (χ4v) is 4.80. The minimum Gasteiger partial charge on any atom is -0.481 e. The summed E-state index contributed by atoms with van der Waals surface area (Å²) in [6.45, 7) is 2.40. The van der Waals surface area contributed by atoms with Crippen LogP contribution in [0.5, 0.6) is 0 Å². The zero-order valence-corrected chi connectivity index (χ0v) is 19.1. The van der Waals surface area contributed by atoms with E-state index < -0.39 is 17.5 Å². The summed E-state index contributed by atoms with van der Waals surface area (Å²) in [6, 6.07) is 3.63. The number of rotatable bonds is 13. The first-order valence-corrected chi connectivity index (χ1v) is 11.8. The van der Waals surface area contributed by atoms with Crippen molar-refractivity contribution in [2.24, 2.45) is 5.92 Å². The van der Waals surface area contributed by atoms with Gasteiger partial charge in [0.05, 0.1) is 10.9 Å². The average Bonchev–Trinajstić information content (AvgIpc) is 3.00. The Bertz CT molecular complexity index is 655. The minimum absolute atomic E-state index is 0.174. The highest BCUT2D eigenvalue weighted by molar-refractivity contribution is 9.10. The van der Waals surface area contributed by atoms with Gasteiger partial charge in [-0.15, -0.1) is 0 Å². The zero-order chi connectivity index (χ0) is 20.6. The van der Waals surface area contributed by atoms with E-state index in [1.54, 1.807) is 6.07 Å². The van der Waals surface area contributed by atoms with E-state index in [2.05, 4.69) is 28.2 Å². The molecule has 1 aromatic rings. The molecule has 3 N–H and O–H groups in total. The molecule has 0 radical (unpaired) electrons. The third-order valence-corrected chi connectivity index (χ3v) is 7.08. The molecule has 0 saturated heterocycles. The van der Waals surface area contributed by atoms with Crippen LogP contribution < -0.4 is 5.32 Å². The second kappa shape index (κ2) is 11.4. The smallest absolute Gasteiger partial charge is 0.309 e. The Balaban J connectivity index is 1.84. The van der Waals surface area contributed by atoms with Crippen LogP contribution in [0, 0.1) is 5.92 Å². The maximum Gasteiger partial charge on any atom is 0.309 e. The number of unbranched alkanes of at least 4 members (excludes halogenated alkanes) is 9. The first-order chi connectivity index (χ1) is 13.4. The van der Waals surface area contributed by atoms with Gasteiger partial charge in [0.1, 0.15) is 5.60 Å². The highest BCUT2D eigenvalue weighted by Crippen LogP contribution is 2.47. The molecule has 0 spiro atoms. The van der Waals surface area contributed by atoms with Gasteiger partial charge in [-0.25, -0.2) is 0 Å². The van der Waals surface area contributed by atoms with Crippen LogP contribution in [0.1, 0.15) is 83.1 Å². The van der Waals surface area contributed by atoms with E-state index >= 15 is 0 Å². The van der Waals surface area contributed by atoms with E-state index in [1.165, 1.54) is 44.9 Å². The lowest BCUT2D eigenvalue weighted by Gasteiger charge is -2.30. The minimum atomic E-state index is -1.48. The topological polar surface area (TPSA) is 69.6 Å². The molecule has 0 aliphatic carbocycles. The molecule has 1 aliphatic rings. The Morgan fingerprint density at radius 2 is 1.71 bits per heavy atom. The number of carboxylic acid groups (broad SMARTS) is 1. The van der Waals surface area contributed by atoms with Crippen molar-refractivity contribution in [3.05, 3.63) is 27.2 Å². The summed E-state index contributed by atoms with van der Waals surface area (Å²) < 4.78 is 0.665. The Morgan fingerprint density at radius 3 is 2.29 bits per heavy atom. The standard InChI is InChI=1S/C22H33BrClNO3/c1-2-3-4-5-6-7-8-9-10-11-12-16(21(26)27)22(28)15-25-18-14-13-17(23)20(24)19(18)22/h13-14,16,25,28H,2-12,15H2,1H3,(H,26,27). The van der Waals surface area contributed by atoms with Crippen LogP contribution in [0.15, 0.2) is 16.6 Å². The number of carbonyl (C=O) groups is 1. The third-order valence-electron chi connectivity index (χ3n) is 5.80. The summed E-state index contributed by atoms with van der Waals surface area (Å²) in [5, 5.41) is 24.6. The SMILES string of the molecule is CCCCCCCCCCCCC(C(=O)O)C1(O)CNc2ccc(Br)c(Cl)c21. The fourth-order valence-electron chi connectivity index (χ4n) is 4.14. The van der Waals surface area contributed by atoms with Gasteiger partial charge >= 0.3 is 5.97 Å². The number of anilines is 1. The van der Waals surface area contributed by atoms with Gasteiger partial charge in [-0.2, -0.15) is 0 Å². The first-order valence-electron chi connectivity index (χ1n) is 10.6. The van der Waals surface area contributed by atoms with Crippen molar-refractivity contribution in [2.75, 3.05) is 11.9 Å². The molecule has 2 atom stereocenters. The van der Waals surface area contributed by atoms with Crippen molar-refractivity contribution in [3.8, 4) is 0 Å². The molecular weight excluding hydrogens is 442 g/mol. The summed E-state index contributed by atoms with van der Waals surface area (Å²) in [5.41, 5.74) is -0.269. The maximum atomic E-state index is 11.9. The highest BCUT2D eigenvalue weighted by Gasteiger charge is 2.48. The normalized spacial score (nSPS) is 19.3. The molecule has 6 heteroatoms. The van der Waals surface area contributed by atoms with E-state index in [0.717, 1.165) is 19.3 Å². The number of fused-ring (bicyclic) bond motifs is 1. The Kier molecular flexibility index (Phi) is 9.58. The molecule has 0 bridgehead atoms. The Labute approximate surface area is 182 Å². The lowest BCUT2D eigenvalue weighted by atomic mass is 9.79. The van der Waals surface area contributed by atoms with Gasteiger partial charge in [-0.3, -0.25) is 4.79 Å². The predicted octanol–water partition coefficient (Wildman–Crippen LogP) is 6.73. The van der Waals surface area contributed by atoms with Crippen molar-refractivity contribution in [1.29, 1.82) is 0 Å². The molecule has 0 aromatic heterocycles. The van der Waals surface area contributed by atoms with E-state index in [-0.39, 0.29) is 6.54 Å². The van der Waals surface area contributed by atoms with E-state index in [0.29, 0.717) is 27.2 Å². The van der Waals surface area contributed by atoms with Gasteiger partial charge in [-0.1, -0.05) is 82.7 Å². The lowest BCUT2D eigenvalue weighted by molar-refractivity contribution is -0.152. The molecule has 1 aliphatic heterocycles. The molecular formula is C22H33BrClNO3. The first kappa shape index (κ1) is 23.5. The lowest BCUT2D eigenvalue weighted by Crippen LogP contribution is -2.41. The zero-order valence-electron chi connectivity index (χ0n) is 16.8. The molecule has 1 heterocycles. The van der Waals surface area contributed by atoms with Crippen LogP contribution in [-0.4, -0.2) is 22.7 Å². The maximum absolute atomic E-state index is 11.9. The molecule has 2 unspecified atom stereocenters. The van der Waals surface area contributed by atoms with Gasteiger partial charge < -0.3 is 15.5 Å². The van der Waals surface area contributed by atoms with Gasteiger partial charge in [0.15, 0.2) is 0 Å². The van der Waals surface area contributed by atoms with E-state index in [9.17, 15) is 15.0 Å². The number of nitrogens with one attached hydrogen (secondary N) is 1. The average molecular weight is 475 g/mol. The molecule has 4 nitrogen and oxygen atoms in total.